The summed E-state index contributed by atoms with van der Waals surface area (Å²) in [5, 5.41) is 19.7. The lowest BCUT2D eigenvalue weighted by Gasteiger charge is -2.12. The molecular formula is C21H17ClF2N4O2S2. The Kier molecular flexibility index (Phi) is 5.79. The van der Waals surface area contributed by atoms with Gasteiger partial charge in [-0.1, -0.05) is 29.0 Å². The molecular weight excluding hydrogens is 478 g/mol. The fraction of sp³-hybridized carbons (Fsp3) is 0.286. The van der Waals surface area contributed by atoms with Crippen LogP contribution in [0.2, 0.25) is 5.02 Å². The van der Waals surface area contributed by atoms with E-state index in [9.17, 15) is 9.18 Å². The number of carbonyl (C=O) groups excluding carboxylic acids is 1. The highest BCUT2D eigenvalue weighted by Crippen LogP contribution is 2.44. The van der Waals surface area contributed by atoms with Gasteiger partial charge in [-0.2, -0.15) is 5.10 Å². The first kappa shape index (κ1) is 21.6. The van der Waals surface area contributed by atoms with E-state index < -0.39 is 17.9 Å². The van der Waals surface area contributed by atoms with Crippen molar-refractivity contribution in [3.8, 4) is 11.1 Å². The van der Waals surface area contributed by atoms with E-state index in [2.05, 4.69) is 20.5 Å². The number of amides is 1. The van der Waals surface area contributed by atoms with Crippen molar-refractivity contribution in [1.82, 2.24) is 15.2 Å². The molecule has 0 bridgehead atoms. The van der Waals surface area contributed by atoms with Crippen LogP contribution in [0.15, 0.2) is 29.3 Å². The lowest BCUT2D eigenvalue weighted by Crippen LogP contribution is -2.14. The lowest BCUT2D eigenvalue weighted by atomic mass is 10.0. The number of anilines is 1. The minimum absolute atomic E-state index is 0.00879. The van der Waals surface area contributed by atoms with E-state index in [0.29, 0.717) is 49.7 Å². The minimum Gasteiger partial charge on any atom is -0.396 e. The second-order valence-electron chi connectivity index (χ2n) is 7.47. The summed E-state index contributed by atoms with van der Waals surface area (Å²) in [4.78, 5) is 16.8. The SMILES string of the molecule is O=C(Nc1nc2ccc(-c3c(Cl)c(F)c(SCCCO)c4[nH]ncc34)cc2s1)[C@@H]1C[C@@H]1F. The van der Waals surface area contributed by atoms with Crippen LogP contribution in [0.1, 0.15) is 12.8 Å². The Morgan fingerprint density at radius 1 is 1.44 bits per heavy atom. The maximum absolute atomic E-state index is 15.2. The third-order valence-electron chi connectivity index (χ3n) is 5.25. The normalized spacial score (nSPS) is 17.9. The van der Waals surface area contributed by atoms with Gasteiger partial charge in [0, 0.05) is 23.3 Å². The zero-order valence-corrected chi connectivity index (χ0v) is 18.9. The van der Waals surface area contributed by atoms with Crippen molar-refractivity contribution in [2.45, 2.75) is 23.9 Å². The molecule has 1 fully saturated rings. The number of thiazole rings is 1. The molecule has 3 N–H and O–H groups in total. The first-order valence-corrected chi connectivity index (χ1v) is 12.1. The molecule has 2 aromatic heterocycles. The van der Waals surface area contributed by atoms with Crippen LogP contribution in [0.4, 0.5) is 13.9 Å². The zero-order valence-electron chi connectivity index (χ0n) is 16.5. The molecule has 0 unspecified atom stereocenters. The van der Waals surface area contributed by atoms with Crippen molar-refractivity contribution >= 4 is 66.9 Å². The molecule has 1 aliphatic carbocycles. The summed E-state index contributed by atoms with van der Waals surface area (Å²) in [5.41, 5.74) is 2.41. The Morgan fingerprint density at radius 3 is 3.00 bits per heavy atom. The molecule has 166 valence electrons. The molecule has 6 nitrogen and oxygen atoms in total. The van der Waals surface area contributed by atoms with Gasteiger partial charge in [0.15, 0.2) is 10.9 Å². The Morgan fingerprint density at radius 2 is 2.25 bits per heavy atom. The third kappa shape index (κ3) is 3.85. The summed E-state index contributed by atoms with van der Waals surface area (Å²) in [7, 11) is 0. The predicted octanol–water partition coefficient (Wildman–Crippen LogP) is 5.40. The zero-order chi connectivity index (χ0) is 22.4. The van der Waals surface area contributed by atoms with Gasteiger partial charge in [-0.15, -0.1) is 11.8 Å². The van der Waals surface area contributed by atoms with Crippen LogP contribution in [0.5, 0.6) is 0 Å². The standard InChI is InChI=1S/C21H17ClF2N4O2S2/c22-16-15(11-8-25-28-18(11)19(17(16)24)31-5-1-4-29)9-2-3-13-14(6-9)32-21(26-13)27-20(30)10-7-12(10)23/h2-3,6,8,10,12,29H,1,4-5,7H2,(H,25,28)(H,26,27,30)/t10-,12+/m1/s1. The molecule has 11 heteroatoms. The van der Waals surface area contributed by atoms with Crippen LogP contribution in [0.25, 0.3) is 32.2 Å². The van der Waals surface area contributed by atoms with Gasteiger partial charge in [-0.05, 0) is 30.5 Å². The maximum atomic E-state index is 15.2. The van der Waals surface area contributed by atoms with Crippen LogP contribution in [0, 0.1) is 11.7 Å². The molecule has 2 atom stereocenters. The highest BCUT2D eigenvalue weighted by atomic mass is 35.5. The molecule has 1 amide bonds. The summed E-state index contributed by atoms with van der Waals surface area (Å²) >= 11 is 9.02. The highest BCUT2D eigenvalue weighted by molar-refractivity contribution is 7.99. The van der Waals surface area contributed by atoms with Gasteiger partial charge in [0.1, 0.15) is 6.17 Å². The number of halogens is 3. The molecule has 1 saturated carbocycles. The number of fused-ring (bicyclic) bond motifs is 2. The lowest BCUT2D eigenvalue weighted by molar-refractivity contribution is -0.117. The van der Waals surface area contributed by atoms with E-state index in [-0.39, 0.29) is 24.0 Å². The quantitative estimate of drug-likeness (QED) is 0.236. The number of aliphatic hydroxyl groups is 1. The van der Waals surface area contributed by atoms with Gasteiger partial charge < -0.3 is 10.4 Å². The number of H-pyrrole nitrogens is 1. The Labute approximate surface area is 194 Å². The summed E-state index contributed by atoms with van der Waals surface area (Å²) in [6.07, 6.45) is 1.32. The number of rotatable bonds is 7. The van der Waals surface area contributed by atoms with Gasteiger partial charge in [0.25, 0.3) is 0 Å². The van der Waals surface area contributed by atoms with E-state index in [0.717, 1.165) is 4.70 Å². The molecule has 0 saturated heterocycles. The Bertz CT molecular complexity index is 1340. The topological polar surface area (TPSA) is 90.9 Å². The number of nitrogens with zero attached hydrogens (tertiary/aromatic N) is 2. The molecule has 5 rings (SSSR count). The minimum atomic E-state index is -1.07. The molecule has 2 heterocycles. The maximum Gasteiger partial charge on any atom is 0.232 e. The van der Waals surface area contributed by atoms with Crippen molar-refractivity contribution in [2.75, 3.05) is 17.7 Å². The van der Waals surface area contributed by atoms with Gasteiger partial charge in [0.2, 0.25) is 5.91 Å². The number of thioether (sulfide) groups is 1. The van der Waals surface area contributed by atoms with Crippen LogP contribution >= 0.6 is 34.7 Å². The van der Waals surface area contributed by atoms with Crippen molar-refractivity contribution in [3.63, 3.8) is 0 Å². The number of benzene rings is 2. The van der Waals surface area contributed by atoms with Gasteiger partial charge >= 0.3 is 0 Å². The van der Waals surface area contributed by atoms with E-state index in [1.165, 1.54) is 23.1 Å². The Hall–Kier alpha value is -2.27. The smallest absolute Gasteiger partial charge is 0.232 e. The van der Waals surface area contributed by atoms with Crippen LogP contribution in [0.3, 0.4) is 0 Å². The van der Waals surface area contributed by atoms with Gasteiger partial charge in [-0.25, -0.2) is 13.8 Å². The monoisotopic (exact) mass is 494 g/mol. The molecule has 0 spiro atoms. The summed E-state index contributed by atoms with van der Waals surface area (Å²) in [6, 6.07) is 5.40. The fourth-order valence-corrected chi connectivity index (χ4v) is 5.79. The summed E-state index contributed by atoms with van der Waals surface area (Å²) in [5.74, 6) is -0.953. The van der Waals surface area contributed by atoms with Crippen LogP contribution < -0.4 is 5.32 Å². The first-order valence-electron chi connectivity index (χ1n) is 9.91. The number of carbonyl (C=O) groups is 1. The van der Waals surface area contributed by atoms with Crippen molar-refractivity contribution in [1.29, 1.82) is 0 Å². The third-order valence-corrected chi connectivity index (χ3v) is 7.71. The first-order chi connectivity index (χ1) is 15.5. The van der Waals surface area contributed by atoms with Gasteiger partial charge in [0.05, 0.1) is 37.8 Å². The second kappa shape index (κ2) is 8.58. The molecule has 0 aliphatic heterocycles. The average molecular weight is 495 g/mol. The predicted molar refractivity (Wildman–Crippen MR) is 124 cm³/mol. The Balaban J connectivity index is 1.52. The average Bonchev–Trinajstić information content (AvgIpc) is 3.14. The highest BCUT2D eigenvalue weighted by Gasteiger charge is 2.43. The van der Waals surface area contributed by atoms with Crippen molar-refractivity contribution in [3.05, 3.63) is 35.2 Å². The van der Waals surface area contributed by atoms with E-state index in [1.807, 2.05) is 6.07 Å². The molecule has 2 aromatic carbocycles. The van der Waals surface area contributed by atoms with E-state index in [1.54, 1.807) is 18.3 Å². The summed E-state index contributed by atoms with van der Waals surface area (Å²) in [6.45, 7) is 0.0267. The van der Waals surface area contributed by atoms with Crippen LogP contribution in [-0.4, -0.2) is 44.7 Å². The number of hydrogen-bond acceptors (Lipinski definition) is 6. The van der Waals surface area contributed by atoms with Crippen LogP contribution in [-0.2, 0) is 4.79 Å². The number of aromatic amines is 1. The molecule has 32 heavy (non-hydrogen) atoms. The number of aromatic nitrogens is 3. The second-order valence-corrected chi connectivity index (χ2v) is 9.98. The number of alkyl halides is 1. The fourth-order valence-electron chi connectivity index (χ4n) is 3.51. The van der Waals surface area contributed by atoms with Crippen molar-refractivity contribution < 1.29 is 18.7 Å². The largest absolute Gasteiger partial charge is 0.396 e. The molecule has 0 radical (unpaired) electrons. The van der Waals surface area contributed by atoms with Crippen molar-refractivity contribution in [2.24, 2.45) is 5.92 Å². The number of hydrogen-bond donors (Lipinski definition) is 3. The molecule has 4 aromatic rings. The summed E-state index contributed by atoms with van der Waals surface area (Å²) < 4.78 is 29.1. The number of aliphatic hydroxyl groups excluding tert-OH is 1. The number of nitrogens with one attached hydrogen (secondary N) is 2. The van der Waals surface area contributed by atoms with E-state index in [4.69, 9.17) is 16.7 Å². The van der Waals surface area contributed by atoms with E-state index >= 15 is 4.39 Å². The van der Waals surface area contributed by atoms with Gasteiger partial charge in [-0.3, -0.25) is 9.89 Å². The molecule has 1 aliphatic rings.